The van der Waals surface area contributed by atoms with Crippen molar-refractivity contribution in [2.75, 3.05) is 6.26 Å². The lowest BCUT2D eigenvalue weighted by Gasteiger charge is -2.07. The summed E-state index contributed by atoms with van der Waals surface area (Å²) in [6, 6.07) is 4.71. The van der Waals surface area contributed by atoms with Crippen molar-refractivity contribution in [1.29, 1.82) is 0 Å². The Labute approximate surface area is 142 Å². The molecule has 1 heterocycles. The highest BCUT2D eigenvalue weighted by Crippen LogP contribution is 2.28. The molecule has 6 nitrogen and oxygen atoms in total. The number of alkyl halides is 6. The predicted octanol–water partition coefficient (Wildman–Crippen LogP) is 3.44. The average molecular weight is 401 g/mol. The molecule has 1 aromatic carbocycles. The Balaban J connectivity index is 2.16. The van der Waals surface area contributed by atoms with Gasteiger partial charge in [0.25, 0.3) is 5.91 Å². The van der Waals surface area contributed by atoms with Crippen LogP contribution in [0.25, 0.3) is 0 Å². The molecule has 0 radical (unpaired) electrons. The van der Waals surface area contributed by atoms with Crippen LogP contribution in [0.15, 0.2) is 33.2 Å². The van der Waals surface area contributed by atoms with Gasteiger partial charge in [-0.1, -0.05) is 17.3 Å². The topological polar surface area (TPSA) is 85.4 Å². The monoisotopic (exact) mass is 401 g/mol. The summed E-state index contributed by atoms with van der Waals surface area (Å²) in [5.41, 5.74) is -5.06. The fraction of sp³-hybridized carbons (Fsp3) is 0.308. The van der Waals surface area contributed by atoms with Crippen LogP contribution in [-0.4, -0.2) is 32.0 Å². The van der Waals surface area contributed by atoms with E-state index in [-0.39, 0.29) is 17.8 Å². The Hall–Kier alpha value is -2.44. The summed E-state index contributed by atoms with van der Waals surface area (Å²) in [5.74, 6) is -3.11. The van der Waals surface area contributed by atoms with Crippen LogP contribution in [-0.2, 0) is 22.3 Å². The molecule has 2 rings (SSSR count). The molecular formula is C13H9F6N3O3S. The summed E-state index contributed by atoms with van der Waals surface area (Å²) in [5, 5.41) is 3.16. The van der Waals surface area contributed by atoms with Gasteiger partial charge < -0.3 is 4.52 Å². The number of carbonyl (C=O) groups is 1. The van der Waals surface area contributed by atoms with E-state index in [9.17, 15) is 35.3 Å². The molecule has 1 amide bonds. The largest absolute Gasteiger partial charge is 0.479 e. The third kappa shape index (κ3) is 4.59. The second kappa shape index (κ2) is 6.70. The summed E-state index contributed by atoms with van der Waals surface area (Å²) in [6.07, 6.45) is -4.65. The number of rotatable bonds is 3. The number of amides is 1. The molecule has 2 aromatic rings. The molecule has 1 unspecified atom stereocenters. The first-order valence-corrected chi connectivity index (χ1v) is 8.53. The van der Waals surface area contributed by atoms with Gasteiger partial charge in [-0.25, -0.2) is 4.21 Å². The van der Waals surface area contributed by atoms with Crippen LogP contribution in [0.3, 0.4) is 0 Å². The zero-order chi connectivity index (χ0) is 19.8. The van der Waals surface area contributed by atoms with Crippen molar-refractivity contribution in [2.24, 2.45) is 4.36 Å². The Bertz CT molecular complexity index is 924. The van der Waals surface area contributed by atoms with Gasteiger partial charge in [0.2, 0.25) is 0 Å². The van der Waals surface area contributed by atoms with E-state index >= 15 is 0 Å². The summed E-state index contributed by atoms with van der Waals surface area (Å²) in [4.78, 5) is 14.8. The highest BCUT2D eigenvalue weighted by molar-refractivity contribution is 7.94. The van der Waals surface area contributed by atoms with Crippen molar-refractivity contribution in [3.8, 4) is 0 Å². The smallest absolute Gasteiger partial charge is 0.329 e. The summed E-state index contributed by atoms with van der Waals surface area (Å²) < 4.78 is 92.6. The molecule has 0 spiro atoms. The molecule has 0 bridgehead atoms. The zero-order valence-electron chi connectivity index (χ0n) is 12.8. The Morgan fingerprint density at radius 1 is 1.15 bits per heavy atom. The molecule has 0 N–H and O–H groups in total. The van der Waals surface area contributed by atoms with Crippen molar-refractivity contribution in [3.63, 3.8) is 0 Å². The zero-order valence-corrected chi connectivity index (χ0v) is 13.6. The first-order chi connectivity index (χ1) is 11.8. The number of carbonyl (C=O) groups excluding carboxylic acids is 1. The highest BCUT2D eigenvalue weighted by atomic mass is 32.2. The predicted molar refractivity (Wildman–Crippen MR) is 75.4 cm³/mol. The maximum Gasteiger partial charge on any atom is 0.479 e. The van der Waals surface area contributed by atoms with Gasteiger partial charge in [0.1, 0.15) is 9.73 Å². The number of aromatic nitrogens is 2. The highest BCUT2D eigenvalue weighted by Gasteiger charge is 2.40. The van der Waals surface area contributed by atoms with Crippen molar-refractivity contribution in [1.82, 2.24) is 10.1 Å². The molecule has 0 aliphatic rings. The summed E-state index contributed by atoms with van der Waals surface area (Å²) >= 11 is 0. The summed E-state index contributed by atoms with van der Waals surface area (Å²) in [7, 11) is -4.73. The molecule has 0 aliphatic heterocycles. The van der Waals surface area contributed by atoms with Gasteiger partial charge in [-0.15, -0.1) is 4.36 Å². The Kier molecular flexibility index (Phi) is 5.12. The molecule has 1 atom stereocenters. The van der Waals surface area contributed by atoms with Crippen molar-refractivity contribution in [2.45, 2.75) is 18.1 Å². The quantitative estimate of drug-likeness (QED) is 0.736. The van der Waals surface area contributed by atoms with Crippen LogP contribution in [0.4, 0.5) is 26.3 Å². The first-order valence-electron chi connectivity index (χ1n) is 6.61. The van der Waals surface area contributed by atoms with Crippen molar-refractivity contribution >= 4 is 15.6 Å². The molecule has 1 aromatic heterocycles. The van der Waals surface area contributed by atoms with E-state index in [1.165, 1.54) is 12.1 Å². The lowest BCUT2D eigenvalue weighted by atomic mass is 10.1. The van der Waals surface area contributed by atoms with Crippen LogP contribution in [0.5, 0.6) is 0 Å². The minimum Gasteiger partial charge on any atom is -0.329 e. The molecule has 13 heteroatoms. The molecule has 26 heavy (non-hydrogen) atoms. The van der Waals surface area contributed by atoms with E-state index in [4.69, 9.17) is 0 Å². The average Bonchev–Trinajstić information content (AvgIpc) is 2.95. The minimum absolute atomic E-state index is 0.168. The molecule has 0 fully saturated rings. The lowest BCUT2D eigenvalue weighted by molar-refractivity contribution is -0.159. The van der Waals surface area contributed by atoms with E-state index in [0.717, 1.165) is 12.1 Å². The van der Waals surface area contributed by atoms with E-state index in [0.29, 0.717) is 11.8 Å². The standard InChI is InChI=1S/C13H9F6N3O3S/c1-26(24,13(17,18)19)22-10(23)8-4-2-7(3-5-8)6-9-20-11(25-21-9)12(14,15)16/h2-5H,6H2,1H3. The maximum absolute atomic E-state index is 12.5. The third-order valence-electron chi connectivity index (χ3n) is 2.96. The normalized spacial score (nSPS) is 14.7. The second-order valence-corrected chi connectivity index (χ2v) is 7.28. The van der Waals surface area contributed by atoms with Gasteiger partial charge in [-0.3, -0.25) is 4.79 Å². The minimum atomic E-state index is -5.16. The fourth-order valence-electron chi connectivity index (χ4n) is 1.65. The number of nitrogens with zero attached hydrogens (tertiary/aromatic N) is 3. The van der Waals surface area contributed by atoms with Gasteiger partial charge >= 0.3 is 17.6 Å². The van der Waals surface area contributed by atoms with E-state index in [1.54, 1.807) is 0 Å². The number of hydrogen-bond acceptors (Lipinski definition) is 5. The van der Waals surface area contributed by atoms with Crippen LogP contribution >= 0.6 is 0 Å². The van der Waals surface area contributed by atoms with Crippen LogP contribution < -0.4 is 0 Å². The van der Waals surface area contributed by atoms with Crippen LogP contribution in [0.1, 0.15) is 27.6 Å². The van der Waals surface area contributed by atoms with E-state index in [2.05, 4.69) is 19.0 Å². The van der Waals surface area contributed by atoms with Gasteiger partial charge in [0.05, 0.1) is 0 Å². The second-order valence-electron chi connectivity index (χ2n) is 5.03. The molecule has 0 saturated carbocycles. The van der Waals surface area contributed by atoms with Crippen LogP contribution in [0.2, 0.25) is 0 Å². The maximum atomic E-state index is 12.5. The van der Waals surface area contributed by atoms with Gasteiger partial charge in [0.15, 0.2) is 5.82 Å². The number of halogens is 6. The van der Waals surface area contributed by atoms with Gasteiger partial charge in [0, 0.05) is 18.2 Å². The number of hydrogen-bond donors (Lipinski definition) is 0. The molecule has 0 aliphatic carbocycles. The van der Waals surface area contributed by atoms with E-state index in [1.807, 2.05) is 0 Å². The van der Waals surface area contributed by atoms with Crippen molar-refractivity contribution < 1.29 is 39.9 Å². The molecular weight excluding hydrogens is 392 g/mol. The lowest BCUT2D eigenvalue weighted by Crippen LogP contribution is -2.22. The molecule has 142 valence electrons. The first kappa shape index (κ1) is 19.9. The van der Waals surface area contributed by atoms with E-state index < -0.39 is 33.2 Å². The Morgan fingerprint density at radius 3 is 2.19 bits per heavy atom. The van der Waals surface area contributed by atoms with Crippen molar-refractivity contribution in [3.05, 3.63) is 47.1 Å². The SMILES string of the molecule is CS(=O)(=NC(=O)c1ccc(Cc2noc(C(F)(F)F)n2)cc1)C(F)(F)F. The molecule has 0 saturated heterocycles. The van der Waals surface area contributed by atoms with Gasteiger partial charge in [-0.2, -0.15) is 31.3 Å². The van der Waals surface area contributed by atoms with Gasteiger partial charge in [-0.05, 0) is 17.7 Å². The fourth-order valence-corrected chi connectivity index (χ4v) is 2.18. The van der Waals surface area contributed by atoms with Crippen LogP contribution in [0, 0.1) is 0 Å². The number of benzene rings is 1. The summed E-state index contributed by atoms with van der Waals surface area (Å²) in [6.45, 7) is 0. The Morgan fingerprint density at radius 2 is 1.73 bits per heavy atom. The third-order valence-corrected chi connectivity index (χ3v) is 4.33.